The maximum absolute atomic E-state index is 13.9. The van der Waals surface area contributed by atoms with Crippen LogP contribution in [0.5, 0.6) is 0 Å². The Kier molecular flexibility index (Phi) is 3.36. The number of rotatable bonds is 2. The van der Waals surface area contributed by atoms with Gasteiger partial charge in [-0.25, -0.2) is 9.78 Å². The van der Waals surface area contributed by atoms with Crippen LogP contribution in [0.25, 0.3) is 21.9 Å². The maximum atomic E-state index is 13.9. The van der Waals surface area contributed by atoms with Crippen molar-refractivity contribution in [3.63, 3.8) is 0 Å². The van der Waals surface area contributed by atoms with Crippen molar-refractivity contribution < 1.29 is 13.9 Å². The summed E-state index contributed by atoms with van der Waals surface area (Å²) in [5.41, 5.74) is 1.54. The van der Waals surface area contributed by atoms with E-state index >= 15 is 0 Å². The smallest absolute Gasteiger partial charge is 0.337 e. The fourth-order valence-corrected chi connectivity index (χ4v) is 2.34. The number of aromatic nitrogens is 1. The fourth-order valence-electron chi connectivity index (χ4n) is 2.34. The number of carbonyl (C=O) groups excluding carboxylic acids is 1. The summed E-state index contributed by atoms with van der Waals surface area (Å²) in [6, 6.07) is 14.1. The first-order valence-corrected chi connectivity index (χ1v) is 6.42. The van der Waals surface area contributed by atoms with Gasteiger partial charge in [0, 0.05) is 11.8 Å². The number of methoxy groups -OCH3 is 1. The van der Waals surface area contributed by atoms with E-state index in [1.165, 1.54) is 13.3 Å². The number of halogens is 1. The summed E-state index contributed by atoms with van der Waals surface area (Å²) >= 11 is 0. The lowest BCUT2D eigenvalue weighted by Crippen LogP contribution is -2.00. The molecule has 3 nitrogen and oxygen atoms in total. The van der Waals surface area contributed by atoms with Crippen molar-refractivity contribution in [3.05, 3.63) is 66.2 Å². The van der Waals surface area contributed by atoms with Crippen molar-refractivity contribution in [2.24, 2.45) is 0 Å². The molecule has 0 amide bonds. The first-order valence-electron chi connectivity index (χ1n) is 6.42. The average Bonchev–Trinajstić information content (AvgIpc) is 2.53. The number of nitrogens with zero attached hydrogens (tertiary/aromatic N) is 1. The van der Waals surface area contributed by atoms with Crippen molar-refractivity contribution in [1.29, 1.82) is 0 Å². The molecule has 3 aromatic rings. The molecule has 0 fully saturated rings. The second-order valence-electron chi connectivity index (χ2n) is 4.57. The number of benzene rings is 2. The van der Waals surface area contributed by atoms with Crippen LogP contribution in [0.4, 0.5) is 4.39 Å². The zero-order valence-corrected chi connectivity index (χ0v) is 11.3. The molecule has 0 saturated heterocycles. The van der Waals surface area contributed by atoms with Gasteiger partial charge in [0.25, 0.3) is 0 Å². The second kappa shape index (κ2) is 5.32. The summed E-state index contributed by atoms with van der Waals surface area (Å²) in [5.74, 6) is -0.952. The first kappa shape index (κ1) is 13.2. The summed E-state index contributed by atoms with van der Waals surface area (Å²) in [5, 5.41) is 1.70. The lowest BCUT2D eigenvalue weighted by molar-refractivity contribution is 0.0601. The topological polar surface area (TPSA) is 39.2 Å². The van der Waals surface area contributed by atoms with E-state index < -0.39 is 11.9 Å². The number of hydrogen-bond donors (Lipinski definition) is 0. The first-order chi connectivity index (χ1) is 10.2. The molecule has 4 heteroatoms. The molecule has 1 aromatic heterocycles. The second-order valence-corrected chi connectivity index (χ2v) is 4.57. The Morgan fingerprint density at radius 3 is 2.67 bits per heavy atom. The van der Waals surface area contributed by atoms with Crippen LogP contribution in [0.15, 0.2) is 54.7 Å². The molecule has 0 aliphatic heterocycles. The van der Waals surface area contributed by atoms with Gasteiger partial charge < -0.3 is 4.74 Å². The largest absolute Gasteiger partial charge is 0.465 e. The molecule has 2 aromatic carbocycles. The van der Waals surface area contributed by atoms with Crippen LogP contribution >= 0.6 is 0 Å². The van der Waals surface area contributed by atoms with Crippen LogP contribution < -0.4 is 0 Å². The Morgan fingerprint density at radius 2 is 1.90 bits per heavy atom. The lowest BCUT2D eigenvalue weighted by Gasteiger charge is -2.09. The van der Waals surface area contributed by atoms with E-state index in [0.29, 0.717) is 16.7 Å². The van der Waals surface area contributed by atoms with Gasteiger partial charge in [0.1, 0.15) is 0 Å². The van der Waals surface area contributed by atoms with Gasteiger partial charge in [-0.05, 0) is 40.6 Å². The molecule has 0 unspecified atom stereocenters. The SMILES string of the molecule is COC(=O)c1ccc2cccc(-c3cccnc3F)c2c1. The molecule has 0 radical (unpaired) electrons. The molecule has 0 N–H and O–H groups in total. The van der Waals surface area contributed by atoms with E-state index in [-0.39, 0.29) is 0 Å². The quantitative estimate of drug-likeness (QED) is 0.529. The van der Waals surface area contributed by atoms with Crippen molar-refractivity contribution in [1.82, 2.24) is 4.98 Å². The molecule has 21 heavy (non-hydrogen) atoms. The number of carbonyl (C=O) groups is 1. The Labute approximate surface area is 121 Å². The highest BCUT2D eigenvalue weighted by Crippen LogP contribution is 2.30. The van der Waals surface area contributed by atoms with Crippen molar-refractivity contribution in [3.8, 4) is 11.1 Å². The molecule has 0 atom stereocenters. The number of esters is 1. The fraction of sp³-hybridized carbons (Fsp3) is 0.0588. The Hall–Kier alpha value is -2.75. The normalized spacial score (nSPS) is 10.6. The van der Waals surface area contributed by atoms with Crippen LogP contribution in [0, 0.1) is 5.95 Å². The summed E-state index contributed by atoms with van der Waals surface area (Å²) in [6.07, 6.45) is 1.41. The number of pyridine rings is 1. The molecular formula is C17H12FNO2. The van der Waals surface area contributed by atoms with E-state index in [1.54, 1.807) is 24.3 Å². The third kappa shape index (κ3) is 2.36. The van der Waals surface area contributed by atoms with E-state index in [0.717, 1.165) is 10.8 Å². The van der Waals surface area contributed by atoms with E-state index in [1.807, 2.05) is 24.3 Å². The van der Waals surface area contributed by atoms with Crippen molar-refractivity contribution in [2.75, 3.05) is 7.11 Å². The predicted octanol–water partition coefficient (Wildman–Crippen LogP) is 3.83. The zero-order chi connectivity index (χ0) is 14.8. The summed E-state index contributed by atoms with van der Waals surface area (Å²) in [4.78, 5) is 15.3. The summed E-state index contributed by atoms with van der Waals surface area (Å²) < 4.78 is 18.7. The molecule has 0 saturated carbocycles. The minimum atomic E-state index is -0.534. The van der Waals surface area contributed by atoms with Crippen LogP contribution in [0.3, 0.4) is 0 Å². The van der Waals surface area contributed by atoms with E-state index in [4.69, 9.17) is 4.74 Å². The molecule has 0 aliphatic rings. The number of hydrogen-bond acceptors (Lipinski definition) is 3. The summed E-state index contributed by atoms with van der Waals surface area (Å²) in [7, 11) is 1.33. The third-order valence-corrected chi connectivity index (χ3v) is 3.35. The Bertz CT molecular complexity index is 830. The number of ether oxygens (including phenoxy) is 1. The average molecular weight is 281 g/mol. The predicted molar refractivity (Wildman–Crippen MR) is 78.5 cm³/mol. The van der Waals surface area contributed by atoms with Gasteiger partial charge in [-0.3, -0.25) is 0 Å². The Morgan fingerprint density at radius 1 is 1.10 bits per heavy atom. The minimum absolute atomic E-state index is 0.408. The molecule has 0 spiro atoms. The van der Waals surface area contributed by atoms with E-state index in [2.05, 4.69) is 4.98 Å². The number of fused-ring (bicyclic) bond motifs is 1. The molecule has 3 rings (SSSR count). The molecule has 104 valence electrons. The molecule has 0 bridgehead atoms. The van der Waals surface area contributed by atoms with Gasteiger partial charge in [-0.15, -0.1) is 0 Å². The van der Waals surface area contributed by atoms with Gasteiger partial charge in [0.2, 0.25) is 5.95 Å². The third-order valence-electron chi connectivity index (χ3n) is 3.35. The van der Waals surface area contributed by atoms with Gasteiger partial charge in [-0.2, -0.15) is 4.39 Å². The Balaban J connectivity index is 2.28. The van der Waals surface area contributed by atoms with Gasteiger partial charge >= 0.3 is 5.97 Å². The monoisotopic (exact) mass is 281 g/mol. The van der Waals surface area contributed by atoms with Crippen molar-refractivity contribution in [2.45, 2.75) is 0 Å². The minimum Gasteiger partial charge on any atom is -0.465 e. The highest BCUT2D eigenvalue weighted by Gasteiger charge is 2.12. The molecule has 1 heterocycles. The van der Waals surface area contributed by atoms with Gasteiger partial charge in [-0.1, -0.05) is 24.3 Å². The lowest BCUT2D eigenvalue weighted by atomic mass is 9.97. The molecular weight excluding hydrogens is 269 g/mol. The van der Waals surface area contributed by atoms with Crippen molar-refractivity contribution >= 4 is 16.7 Å². The van der Waals surface area contributed by atoms with Crippen LogP contribution in [0.2, 0.25) is 0 Å². The summed E-state index contributed by atoms with van der Waals surface area (Å²) in [6.45, 7) is 0. The highest BCUT2D eigenvalue weighted by molar-refractivity contribution is 6.01. The van der Waals surface area contributed by atoms with Gasteiger partial charge in [0.05, 0.1) is 12.7 Å². The standard InChI is InChI=1S/C17H12FNO2/c1-21-17(20)12-8-7-11-4-2-5-13(15(11)10-12)14-6-3-9-19-16(14)18/h2-10H,1H3. The van der Waals surface area contributed by atoms with Crippen LogP contribution in [-0.4, -0.2) is 18.1 Å². The van der Waals surface area contributed by atoms with Crippen LogP contribution in [-0.2, 0) is 4.74 Å². The highest BCUT2D eigenvalue weighted by atomic mass is 19.1. The van der Waals surface area contributed by atoms with Gasteiger partial charge in [0.15, 0.2) is 0 Å². The zero-order valence-electron chi connectivity index (χ0n) is 11.3. The van der Waals surface area contributed by atoms with Crippen LogP contribution in [0.1, 0.15) is 10.4 Å². The molecule has 0 aliphatic carbocycles. The van der Waals surface area contributed by atoms with E-state index in [9.17, 15) is 9.18 Å². The maximum Gasteiger partial charge on any atom is 0.337 e.